The Bertz CT molecular complexity index is 424. The van der Waals surface area contributed by atoms with Gasteiger partial charge in [-0.15, -0.1) is 0 Å². The van der Waals surface area contributed by atoms with Crippen LogP contribution in [0.2, 0.25) is 0 Å². The van der Waals surface area contributed by atoms with Gasteiger partial charge in [-0.1, -0.05) is 15.9 Å². The number of aryl methyl sites for hydroxylation is 1. The maximum absolute atomic E-state index is 10.9. The zero-order valence-electron chi connectivity index (χ0n) is 9.89. The second-order valence-corrected chi connectivity index (χ2v) is 4.43. The van der Waals surface area contributed by atoms with E-state index in [1.807, 2.05) is 0 Å². The quantitative estimate of drug-likeness (QED) is 0.472. The molecule has 100 valence electrons. The summed E-state index contributed by atoms with van der Waals surface area (Å²) in [6.07, 6.45) is 0. The third-order valence-corrected chi connectivity index (χ3v) is 2.58. The summed E-state index contributed by atoms with van der Waals surface area (Å²) in [5.74, 6) is 0.246. The summed E-state index contributed by atoms with van der Waals surface area (Å²) in [6, 6.07) is 3.15. The van der Waals surface area contributed by atoms with Crippen LogP contribution in [0.4, 0.5) is 5.69 Å². The van der Waals surface area contributed by atoms with E-state index in [1.165, 1.54) is 6.07 Å². The Morgan fingerprint density at radius 2 is 2.11 bits per heavy atom. The van der Waals surface area contributed by atoms with Gasteiger partial charge in [0.05, 0.1) is 24.7 Å². The molecule has 0 saturated carbocycles. The van der Waals surface area contributed by atoms with Gasteiger partial charge >= 0.3 is 5.69 Å². The van der Waals surface area contributed by atoms with E-state index in [9.17, 15) is 10.1 Å². The van der Waals surface area contributed by atoms with Crippen LogP contribution in [0.25, 0.3) is 0 Å². The normalized spacial score (nSPS) is 10.4. The Kier molecular flexibility index (Phi) is 6.03. The van der Waals surface area contributed by atoms with E-state index in [0.29, 0.717) is 10.0 Å². The lowest BCUT2D eigenvalue weighted by Gasteiger charge is -2.10. The summed E-state index contributed by atoms with van der Waals surface area (Å²) in [5.41, 5.74) is 0.599. The maximum atomic E-state index is 10.9. The van der Waals surface area contributed by atoms with Gasteiger partial charge in [0.2, 0.25) is 0 Å². The van der Waals surface area contributed by atoms with Crippen molar-refractivity contribution in [3.8, 4) is 5.75 Å². The standard InChI is InChI=1S/C11H14BrNO5/c1-8-6-9(12)7-10(13(15)16)11(8)18-5-4-17-3-2-14/h6-7,14H,2-5H2,1H3. The Balaban J connectivity index is 2.71. The third kappa shape index (κ3) is 4.25. The van der Waals surface area contributed by atoms with Gasteiger partial charge in [-0.3, -0.25) is 10.1 Å². The molecule has 0 saturated heterocycles. The molecule has 0 aliphatic heterocycles. The topological polar surface area (TPSA) is 81.8 Å². The molecule has 0 fully saturated rings. The Labute approximate surface area is 113 Å². The average molecular weight is 320 g/mol. The Hall–Kier alpha value is -1.18. The zero-order chi connectivity index (χ0) is 13.5. The van der Waals surface area contributed by atoms with Crippen LogP contribution in [0.15, 0.2) is 16.6 Å². The molecule has 1 aromatic carbocycles. The highest BCUT2D eigenvalue weighted by Gasteiger charge is 2.18. The van der Waals surface area contributed by atoms with Gasteiger partial charge in [-0.2, -0.15) is 0 Å². The minimum absolute atomic E-state index is 0.0581. The fourth-order valence-corrected chi connectivity index (χ4v) is 1.97. The van der Waals surface area contributed by atoms with Crippen molar-refractivity contribution in [2.24, 2.45) is 0 Å². The summed E-state index contributed by atoms with van der Waals surface area (Å²) in [7, 11) is 0. The number of aliphatic hydroxyl groups excluding tert-OH is 1. The molecule has 0 radical (unpaired) electrons. The summed E-state index contributed by atoms with van der Waals surface area (Å²) in [4.78, 5) is 10.4. The molecular weight excluding hydrogens is 306 g/mol. The van der Waals surface area contributed by atoms with Gasteiger partial charge in [-0.25, -0.2) is 0 Å². The molecular formula is C11H14BrNO5. The first-order valence-electron chi connectivity index (χ1n) is 5.32. The first-order chi connectivity index (χ1) is 8.56. The smallest absolute Gasteiger partial charge is 0.312 e. The lowest BCUT2D eigenvalue weighted by molar-refractivity contribution is -0.386. The molecule has 0 aliphatic carbocycles. The summed E-state index contributed by atoms with van der Waals surface area (Å²) in [5, 5.41) is 19.4. The average Bonchev–Trinajstić information content (AvgIpc) is 2.30. The third-order valence-electron chi connectivity index (χ3n) is 2.13. The van der Waals surface area contributed by atoms with E-state index in [-0.39, 0.29) is 37.9 Å². The molecule has 0 aliphatic rings. The van der Waals surface area contributed by atoms with Crippen LogP contribution in [0.1, 0.15) is 5.56 Å². The molecule has 1 rings (SSSR count). The molecule has 1 N–H and O–H groups in total. The van der Waals surface area contributed by atoms with Gasteiger partial charge in [0.15, 0.2) is 5.75 Å². The van der Waals surface area contributed by atoms with Crippen LogP contribution >= 0.6 is 15.9 Å². The van der Waals surface area contributed by atoms with E-state index in [0.717, 1.165) is 0 Å². The monoisotopic (exact) mass is 319 g/mol. The van der Waals surface area contributed by atoms with Gasteiger partial charge in [0, 0.05) is 10.5 Å². The molecule has 7 heteroatoms. The molecule has 0 amide bonds. The molecule has 6 nitrogen and oxygen atoms in total. The fourth-order valence-electron chi connectivity index (χ4n) is 1.40. The highest BCUT2D eigenvalue weighted by molar-refractivity contribution is 9.10. The molecule has 1 aromatic rings. The van der Waals surface area contributed by atoms with Crippen LogP contribution in [0.5, 0.6) is 5.75 Å². The van der Waals surface area contributed by atoms with Crippen LogP contribution in [-0.2, 0) is 4.74 Å². The lowest BCUT2D eigenvalue weighted by Crippen LogP contribution is -2.10. The van der Waals surface area contributed by atoms with E-state index in [4.69, 9.17) is 14.6 Å². The first kappa shape index (κ1) is 14.9. The van der Waals surface area contributed by atoms with Crippen molar-refractivity contribution >= 4 is 21.6 Å². The first-order valence-corrected chi connectivity index (χ1v) is 6.11. The lowest BCUT2D eigenvalue weighted by atomic mass is 10.2. The summed E-state index contributed by atoms with van der Waals surface area (Å²) in [6.45, 7) is 2.38. The second kappa shape index (κ2) is 7.30. The van der Waals surface area contributed by atoms with Crippen LogP contribution in [-0.4, -0.2) is 36.5 Å². The van der Waals surface area contributed by atoms with Crippen molar-refractivity contribution in [2.75, 3.05) is 26.4 Å². The molecule has 0 spiro atoms. The highest BCUT2D eigenvalue weighted by Crippen LogP contribution is 2.33. The molecule has 0 aromatic heterocycles. The van der Waals surface area contributed by atoms with Gasteiger partial charge in [-0.05, 0) is 18.6 Å². The largest absolute Gasteiger partial charge is 0.484 e. The van der Waals surface area contributed by atoms with Gasteiger partial charge < -0.3 is 14.6 Å². The number of nitro benzene ring substituents is 1. The SMILES string of the molecule is Cc1cc(Br)cc([N+](=O)[O-])c1OCCOCCO. The molecule has 0 unspecified atom stereocenters. The van der Waals surface area contributed by atoms with Crippen molar-refractivity contribution in [1.29, 1.82) is 0 Å². The van der Waals surface area contributed by atoms with Crippen molar-refractivity contribution in [2.45, 2.75) is 6.92 Å². The molecule has 0 bridgehead atoms. The summed E-state index contributed by atoms with van der Waals surface area (Å²) >= 11 is 3.21. The van der Waals surface area contributed by atoms with E-state index >= 15 is 0 Å². The van der Waals surface area contributed by atoms with Crippen molar-refractivity contribution in [1.82, 2.24) is 0 Å². The maximum Gasteiger partial charge on any atom is 0.312 e. The minimum Gasteiger partial charge on any atom is -0.484 e. The Morgan fingerprint density at radius 3 is 2.72 bits per heavy atom. The van der Waals surface area contributed by atoms with Crippen molar-refractivity contribution in [3.05, 3.63) is 32.3 Å². The number of halogens is 1. The number of hydrogen-bond acceptors (Lipinski definition) is 5. The van der Waals surface area contributed by atoms with Crippen molar-refractivity contribution in [3.63, 3.8) is 0 Å². The number of aliphatic hydroxyl groups is 1. The number of nitro groups is 1. The van der Waals surface area contributed by atoms with Crippen LogP contribution < -0.4 is 4.74 Å². The Morgan fingerprint density at radius 1 is 1.39 bits per heavy atom. The van der Waals surface area contributed by atoms with Gasteiger partial charge in [0.25, 0.3) is 0 Å². The van der Waals surface area contributed by atoms with E-state index in [1.54, 1.807) is 13.0 Å². The van der Waals surface area contributed by atoms with E-state index < -0.39 is 4.92 Å². The molecule has 0 heterocycles. The number of rotatable bonds is 7. The highest BCUT2D eigenvalue weighted by atomic mass is 79.9. The number of nitrogens with zero attached hydrogens (tertiary/aromatic N) is 1. The number of benzene rings is 1. The fraction of sp³-hybridized carbons (Fsp3) is 0.455. The van der Waals surface area contributed by atoms with Crippen LogP contribution in [0, 0.1) is 17.0 Å². The molecule has 18 heavy (non-hydrogen) atoms. The summed E-state index contributed by atoms with van der Waals surface area (Å²) < 4.78 is 11.0. The second-order valence-electron chi connectivity index (χ2n) is 3.51. The minimum atomic E-state index is -0.484. The van der Waals surface area contributed by atoms with Gasteiger partial charge in [0.1, 0.15) is 6.61 Å². The predicted octanol–water partition coefficient (Wildman–Crippen LogP) is 2.05. The number of ether oxygens (including phenoxy) is 2. The zero-order valence-corrected chi connectivity index (χ0v) is 11.5. The van der Waals surface area contributed by atoms with E-state index in [2.05, 4.69) is 15.9 Å². The van der Waals surface area contributed by atoms with Crippen molar-refractivity contribution < 1.29 is 19.5 Å². The van der Waals surface area contributed by atoms with Crippen LogP contribution in [0.3, 0.4) is 0 Å². The molecule has 0 atom stereocenters. The predicted molar refractivity (Wildman–Crippen MR) is 68.9 cm³/mol. The number of hydrogen-bond donors (Lipinski definition) is 1.